The number of carbonyl (C=O) groups is 8. The summed E-state index contributed by atoms with van der Waals surface area (Å²) in [6, 6.07) is 8.00. The van der Waals surface area contributed by atoms with Crippen molar-refractivity contribution < 1.29 is 67.6 Å². The van der Waals surface area contributed by atoms with E-state index in [1.165, 1.54) is 79.0 Å². The van der Waals surface area contributed by atoms with Crippen LogP contribution in [0.3, 0.4) is 0 Å². The van der Waals surface area contributed by atoms with Crippen molar-refractivity contribution in [2.45, 2.75) is 325 Å². The molecule has 8 amide bonds. The van der Waals surface area contributed by atoms with Gasteiger partial charge in [0, 0.05) is 148 Å². The summed E-state index contributed by atoms with van der Waals surface area (Å²) in [4.78, 5) is 151. The zero-order chi connectivity index (χ0) is 103. The highest BCUT2D eigenvalue weighted by molar-refractivity contribution is 7.18. The molecule has 3 aliphatic carbocycles. The van der Waals surface area contributed by atoms with Crippen molar-refractivity contribution in [3.63, 3.8) is 0 Å². The minimum absolute atomic E-state index is 0.0146. The van der Waals surface area contributed by atoms with E-state index in [1.807, 2.05) is 80.5 Å². The lowest BCUT2D eigenvalue weighted by Crippen LogP contribution is -2.41. The van der Waals surface area contributed by atoms with E-state index < -0.39 is 76.9 Å². The van der Waals surface area contributed by atoms with Gasteiger partial charge in [-0.15, -0.1) is 45.3 Å². The van der Waals surface area contributed by atoms with Gasteiger partial charge in [0.25, 0.3) is 53.2 Å². The van der Waals surface area contributed by atoms with Gasteiger partial charge < -0.3 is 82.6 Å². The van der Waals surface area contributed by atoms with Gasteiger partial charge in [-0.1, -0.05) is 47.5 Å². The third kappa shape index (κ3) is 27.7. The number of anilines is 4. The lowest BCUT2D eigenvalue weighted by molar-refractivity contribution is 0.0117. The molecule has 3 saturated carbocycles. The van der Waals surface area contributed by atoms with Crippen LogP contribution in [0.5, 0.6) is 0 Å². The molecule has 3 atom stereocenters. The van der Waals surface area contributed by atoms with Crippen LogP contribution in [-0.2, 0) is 0 Å². The summed E-state index contributed by atoms with van der Waals surface area (Å²) in [6.07, 6.45) is 25.3. The number of aliphatic hydroxyl groups is 4. The lowest BCUT2D eigenvalue weighted by Gasteiger charge is -2.39. The third-order valence-corrected chi connectivity index (χ3v) is 31.9. The van der Waals surface area contributed by atoms with Gasteiger partial charge in [-0.3, -0.25) is 38.4 Å². The Kier molecular flexibility index (Phi) is 33.2. The van der Waals surface area contributed by atoms with Crippen LogP contribution in [0.15, 0.2) is 49.1 Å². The van der Waals surface area contributed by atoms with Crippen LogP contribution in [0.1, 0.15) is 337 Å². The van der Waals surface area contributed by atoms with Crippen molar-refractivity contribution in [2.75, 3.05) is 86.7 Å². The molecule has 0 spiro atoms. The van der Waals surface area contributed by atoms with Crippen LogP contribution < -0.4 is 42.5 Å². The number of thiazole rings is 4. The van der Waals surface area contributed by atoms with Crippen molar-refractivity contribution >= 4 is 116 Å². The minimum atomic E-state index is -2.97. The number of nitrogens with one attached hydrogen (secondary N) is 8. The van der Waals surface area contributed by atoms with Gasteiger partial charge in [0.1, 0.15) is 46.0 Å². The highest BCUT2D eigenvalue weighted by Crippen LogP contribution is 2.47. The van der Waals surface area contributed by atoms with Gasteiger partial charge in [-0.25, -0.2) is 48.7 Å². The zero-order valence-corrected chi connectivity index (χ0v) is 88.9. The summed E-state index contributed by atoms with van der Waals surface area (Å²) in [5, 5.41) is 65.1. The molecule has 16 rings (SSSR count). The Morgan fingerprint density at radius 3 is 0.957 bits per heavy atom. The predicted molar refractivity (Wildman–Crippen MR) is 551 cm³/mol. The maximum atomic E-state index is 14.1. The molecule has 0 aromatic carbocycles. The smallest absolute Gasteiger partial charge is 0.280 e. The highest BCUT2D eigenvalue weighted by atomic mass is 32.1. The summed E-state index contributed by atoms with van der Waals surface area (Å²) in [5.41, 5.74) is 4.16. The molecule has 8 aliphatic rings. The number of aryl methyl sites for hydroxylation is 4. The number of hydrogen-bond donors (Lipinski definition) is 12. The number of carbonyl (C=O) groups excluding carboxylic acids is 8. The Morgan fingerprint density at radius 2 is 0.695 bits per heavy atom. The maximum absolute atomic E-state index is 14.1. The number of hydrogen-bond acceptors (Lipinski definition) is 28. The summed E-state index contributed by atoms with van der Waals surface area (Å²) in [7, 11) is 0. The monoisotopic (exact) mass is 2020 g/mol. The number of fused-ring (bicyclic) bond motifs is 2. The van der Waals surface area contributed by atoms with Crippen LogP contribution in [0.2, 0.25) is 0 Å². The molecular formula is C103H144F2N20O12S4. The van der Waals surface area contributed by atoms with E-state index in [4.69, 9.17) is 0 Å². The standard InChI is InChI=1S/C26H35F2N5O3S.2C26H37N5O3S.C25H35N5O3S/c1-15-9-18(30-13-25(5)7-6-8-25)29-11-17(15)20-19(23(35)33-14-26(27,28)10-16(33)2)32-22(37-20)21(34)31-12-24(3,4)36;1-15-11-19(28-13-25(2,3)4)27-12-18(15)21-20(24(33)31-16-7-8-17(31)10-9-16)30-23(35-21)22(32)29-14-26(5,6)34;1-16-12-19(28-15-26(5)9-7-10-26)27-13-18(16)21-20(24(33)31-11-6-8-17(31)2)30-23(35-21)22(32)29-14-25(3,4)34;1-15-12-18(29-25(5)9-7-10-25)26-13-17(15)20-19(23(32)30-11-6-8-16(30)2)28-22(34-20)21(31)27-14-24(3,4)33/h9,11,16,36H,6-8,10,12-14H2,1-5H3,(H,29,30)(H,31,34);11-12,16-17,34H,7-10,13-14H2,1-6H3,(H,27,28)(H,29,32);12-13,17,34H,6-11,14-15H2,1-5H3,(H,27,28)(H,29,32);12-13,16,33H,6-11,14H2,1-5H3,(H,26,29)(H,27,31)/t16-;;17-;16-/m0.00/s1. The molecule has 2 bridgehead atoms. The minimum Gasteiger partial charge on any atom is -0.389 e. The average Bonchev–Trinajstić information content (AvgIpc) is 1.56. The fourth-order valence-corrected chi connectivity index (χ4v) is 22.7. The Morgan fingerprint density at radius 1 is 0.397 bits per heavy atom. The molecule has 12 N–H and O–H groups in total. The topological polar surface area (TPSA) is 430 Å². The number of amides is 8. The van der Waals surface area contributed by atoms with Gasteiger partial charge in [0.15, 0.2) is 20.0 Å². The lowest BCUT2D eigenvalue weighted by atomic mass is 9.70. The largest absolute Gasteiger partial charge is 0.389 e. The van der Waals surface area contributed by atoms with E-state index in [-0.39, 0.29) is 110 Å². The van der Waals surface area contributed by atoms with Gasteiger partial charge in [0.05, 0.1) is 48.5 Å². The van der Waals surface area contributed by atoms with E-state index in [0.29, 0.717) is 66.5 Å². The van der Waals surface area contributed by atoms with Crippen LogP contribution in [-0.4, -0.2) is 257 Å². The van der Waals surface area contributed by atoms with Crippen molar-refractivity contribution in [1.82, 2.24) is 80.7 Å². The molecule has 8 aromatic heterocycles. The first kappa shape index (κ1) is 108. The SMILES string of the molecule is Cc1cc(NC2(C)CCC2)ncc1-c1sc(C(=O)NCC(C)(C)O)nc1C(=O)N1CCC[C@@H]1C.Cc1cc(NCC(C)(C)C)ncc1-c1sc(C(=O)NCC(C)(C)O)nc1C(=O)N1C2CCC1CC2.Cc1cc(NCC2(C)CCC2)ncc1-c1sc(C(=O)NCC(C)(C)O)nc1C(=O)N1CC(F)(F)C[C@@H]1C.Cc1cc(NCC2(C)CCC2)ncc1-c1sc(C(=O)NCC(C)(C)O)nc1C(=O)N1CCC[C@@H]1C. The number of nitrogens with zero attached hydrogens (tertiary/aromatic N) is 12. The van der Waals surface area contributed by atoms with E-state index in [1.54, 1.807) is 87.1 Å². The fourth-order valence-electron chi connectivity index (χ4n) is 18.5. The normalized spacial score (nSPS) is 19.8. The maximum Gasteiger partial charge on any atom is 0.280 e. The first-order valence-corrected chi connectivity index (χ1v) is 52.7. The van der Waals surface area contributed by atoms with Gasteiger partial charge in [-0.05, 0) is 270 Å². The van der Waals surface area contributed by atoms with Crippen molar-refractivity contribution in [3.05, 3.63) is 114 Å². The molecule has 32 nitrogen and oxygen atoms in total. The van der Waals surface area contributed by atoms with Crippen molar-refractivity contribution in [3.8, 4) is 41.8 Å². The molecule has 141 heavy (non-hydrogen) atoms. The molecular weight excluding hydrogens is 1880 g/mol. The second-order valence-electron chi connectivity index (χ2n) is 44.8. The average molecular weight is 2020 g/mol. The van der Waals surface area contributed by atoms with Crippen LogP contribution in [0, 0.1) is 43.9 Å². The third-order valence-electron chi connectivity index (χ3n) is 27.5. The molecule has 38 heteroatoms. The molecule has 8 aromatic rings. The predicted octanol–water partition coefficient (Wildman–Crippen LogP) is 17.0. The van der Waals surface area contributed by atoms with Crippen molar-refractivity contribution in [1.29, 1.82) is 0 Å². The quantitative estimate of drug-likeness (QED) is 0.0199. The molecule has 5 aliphatic heterocycles. The number of halogens is 2. The number of rotatable bonds is 30. The van der Waals surface area contributed by atoms with E-state index in [9.17, 15) is 67.6 Å². The molecule has 13 heterocycles. The Bertz CT molecular complexity index is 5890. The fraction of sp³-hybridized carbons (Fsp3) is 0.612. The number of likely N-dealkylation sites (tertiary alicyclic amines) is 3. The van der Waals surface area contributed by atoms with E-state index >= 15 is 0 Å². The Hall–Kier alpha value is -10.2. The zero-order valence-electron chi connectivity index (χ0n) is 85.6. The van der Waals surface area contributed by atoms with E-state index in [2.05, 4.69) is 124 Å². The summed E-state index contributed by atoms with van der Waals surface area (Å²) < 4.78 is 28.1. The summed E-state index contributed by atoms with van der Waals surface area (Å²) >= 11 is 4.61. The van der Waals surface area contributed by atoms with Crippen LogP contribution in [0.4, 0.5) is 32.1 Å². The molecule has 766 valence electrons. The van der Waals surface area contributed by atoms with Gasteiger partial charge in [0.2, 0.25) is 0 Å². The summed E-state index contributed by atoms with van der Waals surface area (Å²) in [5.74, 6) is -2.64. The first-order valence-electron chi connectivity index (χ1n) is 49.5. The Balaban J connectivity index is 0.000000158. The second kappa shape index (κ2) is 43.4. The molecule has 0 unspecified atom stereocenters. The molecule has 0 radical (unpaired) electrons. The molecule has 8 fully saturated rings. The number of aromatic nitrogens is 8. The first-order chi connectivity index (χ1) is 65.9. The number of alkyl halides is 2. The highest BCUT2D eigenvalue weighted by Gasteiger charge is 2.48. The summed E-state index contributed by atoms with van der Waals surface area (Å²) in [6.45, 7) is 43.0. The second-order valence-corrected chi connectivity index (χ2v) is 48.8. The van der Waals surface area contributed by atoms with Crippen molar-refractivity contribution in [2.24, 2.45) is 16.2 Å². The Labute approximate surface area is 842 Å². The molecule has 5 saturated heterocycles. The number of pyridine rings is 4. The van der Waals surface area contributed by atoms with E-state index in [0.717, 1.165) is 156 Å². The van der Waals surface area contributed by atoms with Crippen LogP contribution in [0.25, 0.3) is 41.8 Å². The van der Waals surface area contributed by atoms with Gasteiger partial charge in [-0.2, -0.15) is 0 Å². The van der Waals surface area contributed by atoms with Gasteiger partial charge >= 0.3 is 0 Å². The van der Waals surface area contributed by atoms with Crippen LogP contribution >= 0.6 is 45.3 Å².